The maximum atomic E-state index is 10.1. The van der Waals surface area contributed by atoms with Gasteiger partial charge in [-0.25, -0.2) is 0 Å². The normalized spacial score (nSPS) is 14.1. The van der Waals surface area contributed by atoms with Gasteiger partial charge in [-0.15, -0.1) is 0 Å². The van der Waals surface area contributed by atoms with Crippen LogP contribution in [0.3, 0.4) is 0 Å². The Morgan fingerprint density at radius 2 is 1.63 bits per heavy atom. The fourth-order valence-corrected chi connectivity index (χ4v) is 2.14. The number of ether oxygens (including phenoxy) is 1. The molecule has 2 atom stereocenters. The number of unbranched alkanes of at least 4 members (excludes halogenated alkanes) is 4. The van der Waals surface area contributed by atoms with Gasteiger partial charge in [-0.2, -0.15) is 0 Å². The summed E-state index contributed by atoms with van der Waals surface area (Å²) in [5.41, 5.74) is 0.738. The largest absolute Gasteiger partial charge is 0.497 e. The van der Waals surface area contributed by atoms with Gasteiger partial charge in [0.25, 0.3) is 0 Å². The van der Waals surface area contributed by atoms with Crippen LogP contribution in [0.2, 0.25) is 0 Å². The number of benzene rings is 1. The van der Waals surface area contributed by atoms with Crippen molar-refractivity contribution in [1.29, 1.82) is 0 Å². The number of rotatable bonds is 9. The Bertz CT molecular complexity index is 334. The second kappa shape index (κ2) is 8.94. The highest BCUT2D eigenvalue weighted by molar-refractivity contribution is 5.28. The van der Waals surface area contributed by atoms with Gasteiger partial charge in [0.1, 0.15) is 11.9 Å². The van der Waals surface area contributed by atoms with Crippen LogP contribution in [0.25, 0.3) is 0 Å². The van der Waals surface area contributed by atoms with Crippen molar-refractivity contribution in [3.8, 4) is 5.75 Å². The van der Waals surface area contributed by atoms with Crippen LogP contribution >= 0.6 is 0 Å². The number of methoxy groups -OCH3 is 1. The fourth-order valence-electron chi connectivity index (χ4n) is 2.14. The molecule has 0 bridgehead atoms. The SMILES string of the molecule is CCCCCCC[C@H](O)[C@H](O)c1ccc(OC)cc1. The predicted octanol–water partition coefficient (Wildman–Crippen LogP) is 3.45. The van der Waals surface area contributed by atoms with Crippen molar-refractivity contribution >= 4 is 0 Å². The van der Waals surface area contributed by atoms with Crippen LogP contribution in [0, 0.1) is 0 Å². The summed E-state index contributed by atoms with van der Waals surface area (Å²) in [6.45, 7) is 2.18. The Labute approximate surface area is 116 Å². The molecule has 0 spiro atoms. The van der Waals surface area contributed by atoms with Crippen LogP contribution in [0.1, 0.15) is 57.1 Å². The van der Waals surface area contributed by atoms with Crippen molar-refractivity contribution in [2.45, 2.75) is 57.7 Å². The van der Waals surface area contributed by atoms with Gasteiger partial charge in [-0.1, -0.05) is 51.2 Å². The highest BCUT2D eigenvalue weighted by Gasteiger charge is 2.17. The maximum absolute atomic E-state index is 10.1. The fraction of sp³-hybridized carbons (Fsp3) is 0.625. The van der Waals surface area contributed by atoms with Gasteiger partial charge in [-0.3, -0.25) is 0 Å². The van der Waals surface area contributed by atoms with Crippen LogP contribution < -0.4 is 4.74 Å². The molecule has 0 aromatic heterocycles. The minimum Gasteiger partial charge on any atom is -0.497 e. The summed E-state index contributed by atoms with van der Waals surface area (Å²) >= 11 is 0. The van der Waals surface area contributed by atoms with Gasteiger partial charge in [0.15, 0.2) is 0 Å². The van der Waals surface area contributed by atoms with Gasteiger partial charge >= 0.3 is 0 Å². The van der Waals surface area contributed by atoms with E-state index in [2.05, 4.69) is 6.92 Å². The Morgan fingerprint density at radius 3 is 2.21 bits per heavy atom. The van der Waals surface area contributed by atoms with Crippen molar-refractivity contribution < 1.29 is 14.9 Å². The van der Waals surface area contributed by atoms with E-state index in [0.29, 0.717) is 6.42 Å². The summed E-state index contributed by atoms with van der Waals surface area (Å²) in [7, 11) is 1.61. The van der Waals surface area contributed by atoms with Gasteiger partial charge in [-0.05, 0) is 24.1 Å². The van der Waals surface area contributed by atoms with Crippen LogP contribution in [-0.2, 0) is 0 Å². The number of aliphatic hydroxyl groups is 2. The summed E-state index contributed by atoms with van der Waals surface area (Å²) in [5.74, 6) is 0.755. The van der Waals surface area contributed by atoms with Crippen molar-refractivity contribution in [3.63, 3.8) is 0 Å². The van der Waals surface area contributed by atoms with E-state index < -0.39 is 12.2 Å². The minimum absolute atomic E-state index is 0.650. The molecule has 0 aliphatic rings. The van der Waals surface area contributed by atoms with Crippen LogP contribution in [0.4, 0.5) is 0 Å². The first-order chi connectivity index (χ1) is 9.19. The third-order valence-electron chi connectivity index (χ3n) is 3.43. The first-order valence-corrected chi connectivity index (χ1v) is 7.19. The van der Waals surface area contributed by atoms with Crippen molar-refractivity contribution in [1.82, 2.24) is 0 Å². The Kier molecular flexibility index (Phi) is 7.53. The summed E-state index contributed by atoms with van der Waals surface area (Å²) in [6.07, 6.45) is 4.92. The van der Waals surface area contributed by atoms with E-state index in [1.807, 2.05) is 0 Å². The molecule has 1 aromatic rings. The molecule has 0 saturated carbocycles. The number of hydrogen-bond acceptors (Lipinski definition) is 3. The molecule has 19 heavy (non-hydrogen) atoms. The zero-order valence-corrected chi connectivity index (χ0v) is 12.0. The molecular formula is C16H26O3. The van der Waals surface area contributed by atoms with E-state index in [-0.39, 0.29) is 0 Å². The third-order valence-corrected chi connectivity index (χ3v) is 3.43. The van der Waals surface area contributed by atoms with Crippen LogP contribution in [0.15, 0.2) is 24.3 Å². The second-order valence-corrected chi connectivity index (χ2v) is 4.99. The van der Waals surface area contributed by atoms with E-state index in [9.17, 15) is 10.2 Å². The lowest BCUT2D eigenvalue weighted by Gasteiger charge is -2.18. The summed E-state index contributed by atoms with van der Waals surface area (Å²) in [4.78, 5) is 0. The van der Waals surface area contributed by atoms with Crippen molar-refractivity contribution in [3.05, 3.63) is 29.8 Å². The lowest BCUT2D eigenvalue weighted by Crippen LogP contribution is -2.18. The van der Waals surface area contributed by atoms with Gasteiger partial charge < -0.3 is 14.9 Å². The van der Waals surface area contributed by atoms with Crippen molar-refractivity contribution in [2.75, 3.05) is 7.11 Å². The quantitative estimate of drug-likeness (QED) is 0.673. The summed E-state index contributed by atoms with van der Waals surface area (Å²) < 4.78 is 5.07. The monoisotopic (exact) mass is 266 g/mol. The molecule has 0 saturated heterocycles. The molecule has 0 aliphatic carbocycles. The molecule has 1 rings (SSSR count). The first kappa shape index (κ1) is 16.0. The number of hydrogen-bond donors (Lipinski definition) is 2. The highest BCUT2D eigenvalue weighted by Crippen LogP contribution is 2.23. The topological polar surface area (TPSA) is 49.7 Å². The molecule has 1 aromatic carbocycles. The molecule has 0 radical (unpaired) electrons. The highest BCUT2D eigenvalue weighted by atomic mass is 16.5. The van der Waals surface area contributed by atoms with E-state index >= 15 is 0 Å². The molecule has 0 heterocycles. The molecule has 0 fully saturated rings. The molecule has 3 heteroatoms. The standard InChI is InChI=1S/C16H26O3/c1-3-4-5-6-7-8-15(17)16(18)13-9-11-14(19-2)12-10-13/h9-12,15-18H,3-8H2,1-2H3/t15-,16+/m0/s1. The van der Waals surface area contributed by atoms with Gasteiger partial charge in [0.2, 0.25) is 0 Å². The van der Waals surface area contributed by atoms with Gasteiger partial charge in [0, 0.05) is 0 Å². The minimum atomic E-state index is -0.808. The first-order valence-electron chi connectivity index (χ1n) is 7.19. The molecule has 3 nitrogen and oxygen atoms in total. The van der Waals surface area contributed by atoms with E-state index in [4.69, 9.17) is 4.74 Å². The lowest BCUT2D eigenvalue weighted by atomic mass is 9.99. The second-order valence-electron chi connectivity index (χ2n) is 4.99. The molecule has 0 amide bonds. The van der Waals surface area contributed by atoms with E-state index in [1.54, 1.807) is 31.4 Å². The van der Waals surface area contributed by atoms with E-state index in [1.165, 1.54) is 19.3 Å². The van der Waals surface area contributed by atoms with Crippen LogP contribution in [0.5, 0.6) is 5.75 Å². The van der Waals surface area contributed by atoms with Gasteiger partial charge in [0.05, 0.1) is 13.2 Å². The zero-order chi connectivity index (χ0) is 14.1. The smallest absolute Gasteiger partial charge is 0.118 e. The Morgan fingerprint density at radius 1 is 1.00 bits per heavy atom. The Hall–Kier alpha value is -1.06. The summed E-state index contributed by atoms with van der Waals surface area (Å²) in [5, 5.41) is 20.0. The third kappa shape index (κ3) is 5.62. The summed E-state index contributed by atoms with van der Waals surface area (Å²) in [6, 6.07) is 7.19. The zero-order valence-electron chi connectivity index (χ0n) is 12.0. The average molecular weight is 266 g/mol. The lowest BCUT2D eigenvalue weighted by molar-refractivity contribution is 0.0119. The van der Waals surface area contributed by atoms with E-state index in [0.717, 1.165) is 24.2 Å². The molecule has 0 unspecified atom stereocenters. The average Bonchev–Trinajstić information content (AvgIpc) is 2.46. The molecular weight excluding hydrogens is 240 g/mol. The molecule has 2 N–H and O–H groups in total. The molecule has 108 valence electrons. The van der Waals surface area contributed by atoms with Crippen molar-refractivity contribution in [2.24, 2.45) is 0 Å². The maximum Gasteiger partial charge on any atom is 0.118 e. The Balaban J connectivity index is 2.36. The number of aliphatic hydroxyl groups excluding tert-OH is 2. The predicted molar refractivity (Wildman–Crippen MR) is 77.3 cm³/mol. The van der Waals surface area contributed by atoms with Crippen LogP contribution in [-0.4, -0.2) is 23.4 Å². The molecule has 0 aliphatic heterocycles.